The summed E-state index contributed by atoms with van der Waals surface area (Å²) in [4.78, 5) is 2.50. The van der Waals surface area contributed by atoms with E-state index in [1.165, 1.54) is 88.3 Å². The second kappa shape index (κ2) is 15.6. The molecule has 0 saturated carbocycles. The highest BCUT2D eigenvalue weighted by atomic mass is 15.1. The fraction of sp³-hybridized carbons (Fsp3) is 0.0159. The van der Waals surface area contributed by atoms with Crippen molar-refractivity contribution in [3.8, 4) is 44.5 Å². The van der Waals surface area contributed by atoms with Crippen LogP contribution in [0.1, 0.15) is 22.3 Å². The summed E-state index contributed by atoms with van der Waals surface area (Å²) in [5.74, 6) is 0. The van der Waals surface area contributed by atoms with Gasteiger partial charge in [0.15, 0.2) is 0 Å². The predicted octanol–water partition coefficient (Wildman–Crippen LogP) is 16.8. The Balaban J connectivity index is 1.16. The van der Waals surface area contributed by atoms with E-state index in [2.05, 4.69) is 266 Å². The smallest absolute Gasteiger partial charge is 0.0713 e. The summed E-state index contributed by atoms with van der Waals surface area (Å²) < 4.78 is 0. The number of rotatable bonds is 8. The topological polar surface area (TPSA) is 3.24 Å². The van der Waals surface area contributed by atoms with E-state index in [-0.39, 0.29) is 0 Å². The van der Waals surface area contributed by atoms with Gasteiger partial charge in [0.2, 0.25) is 0 Å². The number of hydrogen-bond acceptors (Lipinski definition) is 1. The molecule has 0 spiro atoms. The van der Waals surface area contributed by atoms with Gasteiger partial charge in [-0.2, -0.15) is 0 Å². The predicted molar refractivity (Wildman–Crippen MR) is 270 cm³/mol. The highest BCUT2D eigenvalue weighted by Crippen LogP contribution is 2.57. The van der Waals surface area contributed by atoms with Crippen LogP contribution in [0.15, 0.2) is 261 Å². The van der Waals surface area contributed by atoms with Crippen molar-refractivity contribution < 1.29 is 0 Å². The molecule has 1 aliphatic carbocycles. The van der Waals surface area contributed by atoms with Gasteiger partial charge < -0.3 is 4.90 Å². The van der Waals surface area contributed by atoms with Crippen LogP contribution < -0.4 is 4.90 Å². The van der Waals surface area contributed by atoms with E-state index >= 15 is 0 Å². The van der Waals surface area contributed by atoms with Crippen LogP contribution in [0.3, 0.4) is 0 Å². The summed E-state index contributed by atoms with van der Waals surface area (Å²) in [6.45, 7) is 0. The number of fused-ring (bicyclic) bond motifs is 5. The molecule has 300 valence electrons. The van der Waals surface area contributed by atoms with Crippen LogP contribution in [-0.2, 0) is 5.41 Å². The van der Waals surface area contributed by atoms with Crippen LogP contribution >= 0.6 is 0 Å². The molecule has 0 saturated heterocycles. The summed E-state index contributed by atoms with van der Waals surface area (Å²) in [7, 11) is 0. The lowest BCUT2D eigenvalue weighted by Gasteiger charge is -2.34. The minimum atomic E-state index is -0.491. The molecule has 0 amide bonds. The Morgan fingerprint density at radius 2 is 0.844 bits per heavy atom. The molecule has 0 bridgehead atoms. The molecule has 1 nitrogen and oxygen atoms in total. The van der Waals surface area contributed by atoms with Crippen molar-refractivity contribution in [3.63, 3.8) is 0 Å². The Kier molecular flexibility index (Phi) is 9.13. The Morgan fingerprint density at radius 3 is 1.64 bits per heavy atom. The zero-order valence-electron chi connectivity index (χ0n) is 35.3. The van der Waals surface area contributed by atoms with Gasteiger partial charge in [-0.05, 0) is 119 Å². The van der Waals surface area contributed by atoms with Crippen molar-refractivity contribution in [2.24, 2.45) is 0 Å². The molecule has 0 N–H and O–H groups in total. The Labute approximate surface area is 374 Å². The van der Waals surface area contributed by atoms with Crippen LogP contribution in [0.25, 0.3) is 66.1 Å². The van der Waals surface area contributed by atoms with Crippen molar-refractivity contribution in [1.82, 2.24) is 0 Å². The molecule has 0 atom stereocenters. The molecule has 1 aliphatic rings. The third-order valence-electron chi connectivity index (χ3n) is 13.3. The average Bonchev–Trinajstić information content (AvgIpc) is 3.67. The van der Waals surface area contributed by atoms with E-state index in [0.717, 1.165) is 17.1 Å². The molecule has 0 radical (unpaired) electrons. The molecule has 0 unspecified atom stereocenters. The second-order valence-electron chi connectivity index (χ2n) is 16.8. The van der Waals surface area contributed by atoms with Crippen LogP contribution in [0.5, 0.6) is 0 Å². The minimum Gasteiger partial charge on any atom is -0.310 e. The zero-order valence-corrected chi connectivity index (χ0v) is 35.3. The summed E-state index contributed by atoms with van der Waals surface area (Å²) >= 11 is 0. The Bertz CT molecular complexity index is 3450. The first kappa shape index (κ1) is 37.5. The van der Waals surface area contributed by atoms with Gasteiger partial charge in [-0.1, -0.05) is 224 Å². The van der Waals surface area contributed by atoms with Crippen LogP contribution in [0.2, 0.25) is 0 Å². The van der Waals surface area contributed by atoms with E-state index in [4.69, 9.17) is 0 Å². The first-order chi connectivity index (χ1) is 31.8. The summed E-state index contributed by atoms with van der Waals surface area (Å²) in [5.41, 5.74) is 17.5. The van der Waals surface area contributed by atoms with Gasteiger partial charge in [0.05, 0.1) is 11.1 Å². The normalized spacial score (nSPS) is 12.5. The van der Waals surface area contributed by atoms with Crippen molar-refractivity contribution in [2.75, 3.05) is 4.90 Å². The number of anilines is 3. The summed E-state index contributed by atoms with van der Waals surface area (Å²) in [5, 5.41) is 4.89. The van der Waals surface area contributed by atoms with E-state index in [1.54, 1.807) is 0 Å². The minimum absolute atomic E-state index is 0.491. The molecule has 0 aromatic heterocycles. The van der Waals surface area contributed by atoms with Gasteiger partial charge in [-0.15, -0.1) is 0 Å². The highest BCUT2D eigenvalue weighted by Gasteiger charge is 2.46. The van der Waals surface area contributed by atoms with Crippen molar-refractivity contribution >= 4 is 38.6 Å². The Hall–Kier alpha value is -8.26. The maximum Gasteiger partial charge on any atom is 0.0713 e. The van der Waals surface area contributed by atoms with Gasteiger partial charge in [-0.25, -0.2) is 0 Å². The van der Waals surface area contributed by atoms with Gasteiger partial charge in [0, 0.05) is 16.9 Å². The molecule has 0 fully saturated rings. The highest BCUT2D eigenvalue weighted by molar-refractivity contribution is 6.06. The first-order valence-corrected chi connectivity index (χ1v) is 22.2. The van der Waals surface area contributed by atoms with E-state index in [9.17, 15) is 0 Å². The molecule has 12 rings (SSSR count). The van der Waals surface area contributed by atoms with Crippen molar-refractivity contribution in [1.29, 1.82) is 0 Å². The van der Waals surface area contributed by atoms with Crippen LogP contribution in [0, 0.1) is 0 Å². The second-order valence-corrected chi connectivity index (χ2v) is 16.8. The lowest BCUT2D eigenvalue weighted by atomic mass is 9.68. The maximum atomic E-state index is 2.50. The maximum absolute atomic E-state index is 2.50. The molecule has 64 heavy (non-hydrogen) atoms. The molecular weight excluding hydrogens is 771 g/mol. The van der Waals surface area contributed by atoms with Gasteiger partial charge >= 0.3 is 0 Å². The number of hydrogen-bond donors (Lipinski definition) is 0. The zero-order chi connectivity index (χ0) is 42.5. The fourth-order valence-corrected chi connectivity index (χ4v) is 10.5. The van der Waals surface area contributed by atoms with Gasteiger partial charge in [0.1, 0.15) is 0 Å². The number of benzene rings is 11. The molecule has 11 aromatic carbocycles. The molecule has 1 heteroatoms. The largest absolute Gasteiger partial charge is 0.310 e. The van der Waals surface area contributed by atoms with E-state index in [0.29, 0.717) is 0 Å². The van der Waals surface area contributed by atoms with Crippen LogP contribution in [0.4, 0.5) is 17.1 Å². The molecular formula is C63H43N. The van der Waals surface area contributed by atoms with E-state index < -0.39 is 5.41 Å². The van der Waals surface area contributed by atoms with Gasteiger partial charge in [0.25, 0.3) is 0 Å². The monoisotopic (exact) mass is 813 g/mol. The average molecular weight is 814 g/mol. The van der Waals surface area contributed by atoms with Crippen molar-refractivity contribution in [3.05, 3.63) is 283 Å². The molecule has 0 heterocycles. The van der Waals surface area contributed by atoms with Crippen molar-refractivity contribution in [2.45, 2.75) is 5.41 Å². The lowest BCUT2D eigenvalue weighted by molar-refractivity contribution is 0.768. The Morgan fingerprint density at radius 1 is 0.281 bits per heavy atom. The SMILES string of the molecule is c1ccc(-c2cccc(N(c3ccc4c(c3)-c3ccccc3C4(c3ccccc3)c3ccccc3)c3cccc(-c4cccc5ccccc45)c3-c3ccc4ccccc4c3)c2)cc1. The first-order valence-electron chi connectivity index (χ1n) is 22.2. The quantitative estimate of drug-likeness (QED) is 0.148. The summed E-state index contributed by atoms with van der Waals surface area (Å²) in [6, 6.07) is 96.1. The third-order valence-corrected chi connectivity index (χ3v) is 13.3. The molecule has 0 aliphatic heterocycles. The lowest BCUT2D eigenvalue weighted by Crippen LogP contribution is -2.28. The standard InChI is InChI=1S/C63H43N/c1-4-19-44(20-5-1)48-25-16-30-52(42-48)64(53-39-40-60-58(43-53)56-32-14-15-35-59(56)63(60,50-26-6-2-7-27-50)51-28-8-3-9-29-51)61-36-18-34-57(55-33-17-24-46-22-12-13-31-54(46)55)62(61)49-38-37-45-21-10-11-23-47(45)41-49/h1-43H. The third kappa shape index (κ3) is 6.08. The summed E-state index contributed by atoms with van der Waals surface area (Å²) in [6.07, 6.45) is 0. The number of nitrogens with zero attached hydrogens (tertiary/aromatic N) is 1. The fourth-order valence-electron chi connectivity index (χ4n) is 10.5. The van der Waals surface area contributed by atoms with Crippen LogP contribution in [-0.4, -0.2) is 0 Å². The molecule has 11 aromatic rings. The van der Waals surface area contributed by atoms with Gasteiger partial charge in [-0.3, -0.25) is 0 Å². The van der Waals surface area contributed by atoms with E-state index in [1.807, 2.05) is 0 Å².